The van der Waals surface area contributed by atoms with Crippen LogP contribution in [-0.4, -0.2) is 22.0 Å². The number of nitrogens with zero attached hydrogens (tertiary/aromatic N) is 2. The number of thioether (sulfide) groups is 1. The molecule has 3 aromatic rings. The first-order valence-corrected chi connectivity index (χ1v) is 8.60. The summed E-state index contributed by atoms with van der Waals surface area (Å²) >= 11 is 1.74. The molecule has 116 valence electrons. The van der Waals surface area contributed by atoms with Crippen molar-refractivity contribution in [3.8, 4) is 0 Å². The second-order valence-corrected chi connectivity index (χ2v) is 6.55. The van der Waals surface area contributed by atoms with Crippen LogP contribution in [0, 0.1) is 0 Å². The fourth-order valence-corrected chi connectivity index (χ4v) is 4.21. The van der Waals surface area contributed by atoms with Crippen LogP contribution in [-0.2, 0) is 16.2 Å². The number of fused-ring (bicyclic) bond motifs is 4. The summed E-state index contributed by atoms with van der Waals surface area (Å²) in [5.41, 5.74) is 4.39. The number of aryl methyl sites for hydroxylation is 1. The molecular weight excluding hydrogens is 308 g/mol. The normalized spacial score (nSPS) is 15.5. The number of benzene rings is 2. The SMILES string of the molecule is CCn1c2ccccc2c2cc3c(cc21)SC/C3=N\OC(C)=O. The molecule has 0 spiro atoms. The minimum absolute atomic E-state index is 0.389. The maximum absolute atomic E-state index is 11.0. The lowest BCUT2D eigenvalue weighted by atomic mass is 10.1. The highest BCUT2D eigenvalue weighted by Crippen LogP contribution is 2.38. The van der Waals surface area contributed by atoms with Crippen LogP contribution in [0.3, 0.4) is 0 Å². The highest BCUT2D eigenvalue weighted by Gasteiger charge is 2.22. The van der Waals surface area contributed by atoms with Crippen molar-refractivity contribution in [3.63, 3.8) is 0 Å². The molecule has 0 N–H and O–H groups in total. The fraction of sp³-hybridized carbons (Fsp3) is 0.222. The number of rotatable bonds is 2. The summed E-state index contributed by atoms with van der Waals surface area (Å²) in [6.45, 7) is 4.47. The van der Waals surface area contributed by atoms with Crippen LogP contribution in [0.4, 0.5) is 0 Å². The smallest absolute Gasteiger partial charge is 0.331 e. The van der Waals surface area contributed by atoms with E-state index in [1.807, 2.05) is 0 Å². The quantitative estimate of drug-likeness (QED) is 0.524. The van der Waals surface area contributed by atoms with Gasteiger partial charge in [-0.2, -0.15) is 0 Å². The molecule has 2 heterocycles. The Balaban J connectivity index is 1.97. The van der Waals surface area contributed by atoms with E-state index < -0.39 is 0 Å². The zero-order chi connectivity index (χ0) is 16.0. The zero-order valence-corrected chi connectivity index (χ0v) is 13.8. The van der Waals surface area contributed by atoms with Gasteiger partial charge in [0.15, 0.2) is 0 Å². The van der Waals surface area contributed by atoms with Gasteiger partial charge in [-0.1, -0.05) is 23.4 Å². The van der Waals surface area contributed by atoms with Gasteiger partial charge in [0.05, 0.1) is 11.2 Å². The Bertz CT molecular complexity index is 972. The Morgan fingerprint density at radius 2 is 2.09 bits per heavy atom. The van der Waals surface area contributed by atoms with E-state index in [1.165, 1.54) is 33.6 Å². The van der Waals surface area contributed by atoms with Gasteiger partial charge in [0.1, 0.15) is 0 Å². The molecule has 0 amide bonds. The van der Waals surface area contributed by atoms with E-state index in [0.29, 0.717) is 0 Å². The van der Waals surface area contributed by atoms with Crippen molar-refractivity contribution in [2.75, 3.05) is 5.75 Å². The first-order valence-electron chi connectivity index (χ1n) is 7.61. The molecule has 23 heavy (non-hydrogen) atoms. The summed E-state index contributed by atoms with van der Waals surface area (Å²) in [6, 6.07) is 12.9. The van der Waals surface area contributed by atoms with Crippen molar-refractivity contribution in [1.29, 1.82) is 0 Å². The lowest BCUT2D eigenvalue weighted by Gasteiger charge is -2.04. The summed E-state index contributed by atoms with van der Waals surface area (Å²) in [6.07, 6.45) is 0. The predicted molar refractivity (Wildman–Crippen MR) is 94.1 cm³/mol. The van der Waals surface area contributed by atoms with Gasteiger partial charge in [-0.25, -0.2) is 4.79 Å². The molecule has 1 aliphatic heterocycles. The van der Waals surface area contributed by atoms with Crippen LogP contribution in [0.1, 0.15) is 19.4 Å². The van der Waals surface area contributed by atoms with Gasteiger partial charge in [-0.05, 0) is 25.1 Å². The van der Waals surface area contributed by atoms with Gasteiger partial charge in [0.2, 0.25) is 0 Å². The Labute approximate surface area is 138 Å². The first-order chi connectivity index (χ1) is 11.2. The molecule has 4 rings (SSSR count). The predicted octanol–water partition coefficient (Wildman–Crippen LogP) is 4.19. The van der Waals surface area contributed by atoms with Crippen LogP contribution in [0.5, 0.6) is 0 Å². The molecule has 0 saturated heterocycles. The monoisotopic (exact) mass is 324 g/mol. The molecule has 0 fully saturated rings. The number of carbonyl (C=O) groups is 1. The van der Waals surface area contributed by atoms with Crippen molar-refractivity contribution in [2.24, 2.45) is 5.16 Å². The van der Waals surface area contributed by atoms with Crippen molar-refractivity contribution in [1.82, 2.24) is 4.57 Å². The molecule has 2 aromatic carbocycles. The van der Waals surface area contributed by atoms with Crippen molar-refractivity contribution in [3.05, 3.63) is 42.0 Å². The zero-order valence-electron chi connectivity index (χ0n) is 13.0. The van der Waals surface area contributed by atoms with Gasteiger partial charge >= 0.3 is 5.97 Å². The summed E-state index contributed by atoms with van der Waals surface area (Å²) in [5.74, 6) is 0.346. The van der Waals surface area contributed by atoms with E-state index in [-0.39, 0.29) is 5.97 Å². The topological polar surface area (TPSA) is 43.6 Å². The lowest BCUT2D eigenvalue weighted by molar-refractivity contribution is -0.140. The molecular formula is C18H16N2O2S. The molecule has 1 aliphatic rings. The first kappa shape index (κ1) is 14.3. The molecule has 0 radical (unpaired) electrons. The number of hydrogen-bond donors (Lipinski definition) is 0. The lowest BCUT2D eigenvalue weighted by Crippen LogP contribution is -2.02. The van der Waals surface area contributed by atoms with E-state index in [0.717, 1.165) is 23.6 Å². The molecule has 0 saturated carbocycles. The maximum Gasteiger partial charge on any atom is 0.331 e. The largest absolute Gasteiger partial charge is 0.341 e. The highest BCUT2D eigenvalue weighted by atomic mass is 32.2. The molecule has 0 bridgehead atoms. The van der Waals surface area contributed by atoms with Crippen LogP contribution in [0.25, 0.3) is 21.8 Å². The minimum atomic E-state index is -0.389. The summed E-state index contributed by atoms with van der Waals surface area (Å²) in [4.78, 5) is 17.0. The number of hydrogen-bond acceptors (Lipinski definition) is 4. The fourth-order valence-electron chi connectivity index (χ4n) is 3.18. The third-order valence-electron chi connectivity index (χ3n) is 4.15. The van der Waals surface area contributed by atoms with Crippen molar-refractivity contribution < 1.29 is 9.63 Å². The second kappa shape index (κ2) is 5.42. The minimum Gasteiger partial charge on any atom is -0.341 e. The van der Waals surface area contributed by atoms with Crippen LogP contribution >= 0.6 is 11.8 Å². The average molecular weight is 324 g/mol. The highest BCUT2D eigenvalue weighted by molar-refractivity contribution is 8.00. The van der Waals surface area contributed by atoms with Gasteiger partial charge < -0.3 is 9.40 Å². The summed E-state index contributed by atoms with van der Waals surface area (Å²) < 4.78 is 2.34. The Morgan fingerprint density at radius 1 is 1.26 bits per heavy atom. The van der Waals surface area contributed by atoms with Crippen LogP contribution in [0.2, 0.25) is 0 Å². The van der Waals surface area contributed by atoms with E-state index >= 15 is 0 Å². The van der Waals surface area contributed by atoms with E-state index in [9.17, 15) is 4.79 Å². The average Bonchev–Trinajstić information content (AvgIpc) is 3.09. The van der Waals surface area contributed by atoms with Crippen molar-refractivity contribution >= 4 is 45.2 Å². The number of para-hydroxylation sites is 1. The molecule has 0 atom stereocenters. The van der Waals surface area contributed by atoms with E-state index in [4.69, 9.17) is 4.84 Å². The Hall–Kier alpha value is -2.27. The molecule has 0 aliphatic carbocycles. The van der Waals surface area contributed by atoms with Gasteiger partial charge in [-0.15, -0.1) is 11.8 Å². The van der Waals surface area contributed by atoms with E-state index in [2.05, 4.69) is 53.0 Å². The van der Waals surface area contributed by atoms with Gasteiger partial charge in [0.25, 0.3) is 0 Å². The van der Waals surface area contributed by atoms with Gasteiger partial charge in [0, 0.05) is 46.0 Å². The molecule has 4 nitrogen and oxygen atoms in total. The van der Waals surface area contributed by atoms with Crippen molar-refractivity contribution in [2.45, 2.75) is 25.3 Å². The standard InChI is InChI=1S/C18H16N2O2S/c1-3-20-16-7-5-4-6-12(16)13-8-14-15(19-22-11(2)21)10-23-18(14)9-17(13)20/h4-9H,3,10H2,1-2H3/b19-15+. The Kier molecular flexibility index (Phi) is 3.38. The van der Waals surface area contributed by atoms with Crippen LogP contribution in [0.15, 0.2) is 46.4 Å². The third-order valence-corrected chi connectivity index (χ3v) is 5.22. The third kappa shape index (κ3) is 2.23. The molecule has 0 unspecified atom stereocenters. The second-order valence-electron chi connectivity index (χ2n) is 5.54. The van der Waals surface area contributed by atoms with E-state index in [1.54, 1.807) is 11.8 Å². The molecule has 5 heteroatoms. The van der Waals surface area contributed by atoms with Gasteiger partial charge in [-0.3, -0.25) is 0 Å². The number of oxime groups is 1. The maximum atomic E-state index is 11.0. The Morgan fingerprint density at radius 3 is 2.87 bits per heavy atom. The number of aromatic nitrogens is 1. The number of carbonyl (C=O) groups excluding carboxylic acids is 1. The van der Waals surface area contributed by atoms with Crippen LogP contribution < -0.4 is 0 Å². The molecule has 1 aromatic heterocycles. The summed E-state index contributed by atoms with van der Waals surface area (Å²) in [7, 11) is 0. The summed E-state index contributed by atoms with van der Waals surface area (Å²) in [5, 5.41) is 6.49.